The summed E-state index contributed by atoms with van der Waals surface area (Å²) in [5.41, 5.74) is 1.33. The van der Waals surface area contributed by atoms with Crippen molar-refractivity contribution in [3.63, 3.8) is 0 Å². The van der Waals surface area contributed by atoms with Crippen LogP contribution in [0.4, 0.5) is 0 Å². The highest BCUT2D eigenvalue weighted by molar-refractivity contribution is 6.73. The molecule has 0 aliphatic heterocycles. The van der Waals surface area contributed by atoms with Crippen LogP contribution in [0, 0.1) is 0 Å². The smallest absolute Gasteiger partial charge is 0.192 e. The van der Waals surface area contributed by atoms with Gasteiger partial charge in [0.25, 0.3) is 0 Å². The lowest BCUT2D eigenvalue weighted by molar-refractivity contribution is 0.233. The molecule has 0 bridgehead atoms. The Labute approximate surface area is 113 Å². The Morgan fingerprint density at radius 1 is 1.11 bits per heavy atom. The molecule has 100 valence electrons. The van der Waals surface area contributed by atoms with Crippen LogP contribution in [-0.2, 0) is 10.8 Å². The van der Waals surface area contributed by atoms with Gasteiger partial charge in [-0.25, -0.2) is 0 Å². The maximum absolute atomic E-state index is 6.46. The van der Waals surface area contributed by atoms with Crippen molar-refractivity contribution in [2.45, 2.75) is 51.4 Å². The molecule has 0 aromatic heterocycles. The molecule has 1 aromatic carbocycles. The molecule has 18 heavy (non-hydrogen) atoms. The molecule has 1 aromatic rings. The summed E-state index contributed by atoms with van der Waals surface area (Å²) in [7, 11) is -1.53. The van der Waals surface area contributed by atoms with Gasteiger partial charge in [0, 0.05) is 6.42 Å². The number of benzene rings is 1. The fourth-order valence-electron chi connectivity index (χ4n) is 2.34. The van der Waals surface area contributed by atoms with Crippen molar-refractivity contribution in [2.24, 2.45) is 0 Å². The third kappa shape index (κ3) is 4.11. The molecule has 0 N–H and O–H groups in total. The second-order valence-electron chi connectivity index (χ2n) is 4.83. The van der Waals surface area contributed by atoms with Gasteiger partial charge in [0.15, 0.2) is 8.32 Å². The highest BCUT2D eigenvalue weighted by Crippen LogP contribution is 2.24. The summed E-state index contributed by atoms with van der Waals surface area (Å²) >= 11 is 0. The minimum atomic E-state index is -1.53. The first-order chi connectivity index (χ1) is 8.69. The normalized spacial score (nSPS) is 13.3. The third-order valence-corrected chi connectivity index (χ3v) is 8.55. The second kappa shape index (κ2) is 7.55. The average molecular weight is 262 g/mol. The van der Waals surface area contributed by atoms with Gasteiger partial charge >= 0.3 is 0 Å². The minimum absolute atomic E-state index is 0.166. The Kier molecular flexibility index (Phi) is 6.37. The fourth-order valence-corrected chi connectivity index (χ4v) is 5.16. The molecule has 1 unspecified atom stereocenters. The summed E-state index contributed by atoms with van der Waals surface area (Å²) in [5.74, 6) is 0. The summed E-state index contributed by atoms with van der Waals surface area (Å²) in [6.07, 6.45) is 3.08. The lowest BCUT2D eigenvalue weighted by Crippen LogP contribution is -2.40. The third-order valence-electron chi connectivity index (χ3n) is 3.88. The van der Waals surface area contributed by atoms with E-state index in [2.05, 4.69) is 57.7 Å². The minimum Gasteiger partial charge on any atom is -0.410 e. The summed E-state index contributed by atoms with van der Waals surface area (Å²) < 4.78 is 6.46. The molecule has 0 aliphatic carbocycles. The van der Waals surface area contributed by atoms with Crippen LogP contribution in [0.2, 0.25) is 18.1 Å². The molecule has 0 aliphatic rings. The zero-order valence-electron chi connectivity index (χ0n) is 12.0. The lowest BCUT2D eigenvalue weighted by Gasteiger charge is -2.32. The molecule has 1 nitrogen and oxygen atoms in total. The molecule has 2 heteroatoms. The van der Waals surface area contributed by atoms with Gasteiger partial charge in [0.05, 0.1) is 6.10 Å². The van der Waals surface area contributed by atoms with E-state index in [1.807, 2.05) is 6.08 Å². The summed E-state index contributed by atoms with van der Waals surface area (Å²) in [5, 5.41) is 0. The largest absolute Gasteiger partial charge is 0.410 e. The van der Waals surface area contributed by atoms with E-state index in [4.69, 9.17) is 4.43 Å². The van der Waals surface area contributed by atoms with Crippen LogP contribution in [-0.4, -0.2) is 14.4 Å². The van der Waals surface area contributed by atoms with Gasteiger partial charge in [0.2, 0.25) is 0 Å². The average Bonchev–Trinajstić information content (AvgIpc) is 2.45. The molecule has 0 heterocycles. The maximum Gasteiger partial charge on any atom is 0.192 e. The SMILES string of the molecule is C=CC(Cc1ccccc1)O[Si](CC)(CC)CC. The number of hydrogen-bond acceptors (Lipinski definition) is 1. The van der Waals surface area contributed by atoms with Crippen molar-refractivity contribution in [1.29, 1.82) is 0 Å². The molecular weight excluding hydrogens is 236 g/mol. The first kappa shape index (κ1) is 15.2. The first-order valence-corrected chi connectivity index (χ1v) is 9.57. The van der Waals surface area contributed by atoms with E-state index in [1.165, 1.54) is 23.7 Å². The van der Waals surface area contributed by atoms with Crippen molar-refractivity contribution in [3.8, 4) is 0 Å². The van der Waals surface area contributed by atoms with Crippen molar-refractivity contribution in [3.05, 3.63) is 48.6 Å². The van der Waals surface area contributed by atoms with E-state index in [9.17, 15) is 0 Å². The molecular formula is C16H26OSi. The van der Waals surface area contributed by atoms with Crippen LogP contribution in [0.3, 0.4) is 0 Å². The van der Waals surface area contributed by atoms with Crippen LogP contribution in [0.25, 0.3) is 0 Å². The Hall–Kier alpha value is -0.863. The zero-order chi connectivity index (χ0) is 13.4. The summed E-state index contributed by atoms with van der Waals surface area (Å²) in [6, 6.07) is 14.1. The Morgan fingerprint density at radius 2 is 1.67 bits per heavy atom. The van der Waals surface area contributed by atoms with Gasteiger partial charge in [-0.3, -0.25) is 0 Å². The number of rotatable bonds is 8. The number of hydrogen-bond donors (Lipinski definition) is 0. The summed E-state index contributed by atoms with van der Waals surface area (Å²) in [6.45, 7) is 10.7. The molecule has 1 rings (SSSR count). The molecule has 0 saturated carbocycles. The van der Waals surface area contributed by atoms with E-state index in [0.29, 0.717) is 0 Å². The van der Waals surface area contributed by atoms with E-state index < -0.39 is 8.32 Å². The lowest BCUT2D eigenvalue weighted by atomic mass is 10.1. The second-order valence-corrected chi connectivity index (χ2v) is 9.55. The van der Waals surface area contributed by atoms with Crippen LogP contribution in [0.15, 0.2) is 43.0 Å². The molecule has 0 fully saturated rings. The van der Waals surface area contributed by atoms with Crippen LogP contribution >= 0.6 is 0 Å². The van der Waals surface area contributed by atoms with E-state index in [1.54, 1.807) is 0 Å². The van der Waals surface area contributed by atoms with Crippen LogP contribution in [0.1, 0.15) is 26.3 Å². The van der Waals surface area contributed by atoms with Gasteiger partial charge < -0.3 is 4.43 Å². The van der Waals surface area contributed by atoms with Gasteiger partial charge in [-0.15, -0.1) is 6.58 Å². The maximum atomic E-state index is 6.46. The fraction of sp³-hybridized carbons (Fsp3) is 0.500. The first-order valence-electron chi connectivity index (χ1n) is 7.04. The molecule has 0 radical (unpaired) electrons. The highest BCUT2D eigenvalue weighted by Gasteiger charge is 2.31. The monoisotopic (exact) mass is 262 g/mol. The van der Waals surface area contributed by atoms with Crippen LogP contribution < -0.4 is 0 Å². The quantitative estimate of drug-likeness (QED) is 0.483. The zero-order valence-corrected chi connectivity index (χ0v) is 13.0. The van der Waals surface area contributed by atoms with Gasteiger partial charge in [-0.05, 0) is 23.7 Å². The molecule has 1 atom stereocenters. The standard InChI is InChI=1S/C16H26OSi/c1-5-16(14-15-12-10-9-11-13-15)17-18(6-2,7-3)8-4/h5,9-13,16H,1,6-8,14H2,2-4H3. The van der Waals surface area contributed by atoms with Crippen LogP contribution in [0.5, 0.6) is 0 Å². The van der Waals surface area contributed by atoms with Crippen molar-refractivity contribution in [2.75, 3.05) is 0 Å². The van der Waals surface area contributed by atoms with Crippen molar-refractivity contribution >= 4 is 8.32 Å². The predicted octanol–water partition coefficient (Wildman–Crippen LogP) is 4.81. The van der Waals surface area contributed by atoms with E-state index in [0.717, 1.165) is 6.42 Å². The molecule has 0 saturated heterocycles. The topological polar surface area (TPSA) is 9.23 Å². The Morgan fingerprint density at radius 3 is 2.11 bits per heavy atom. The van der Waals surface area contributed by atoms with E-state index in [-0.39, 0.29) is 6.10 Å². The van der Waals surface area contributed by atoms with Gasteiger partial charge in [0.1, 0.15) is 0 Å². The molecule has 0 amide bonds. The highest BCUT2D eigenvalue weighted by atomic mass is 28.4. The van der Waals surface area contributed by atoms with Gasteiger partial charge in [-0.2, -0.15) is 0 Å². The van der Waals surface area contributed by atoms with Crippen molar-refractivity contribution < 1.29 is 4.43 Å². The predicted molar refractivity (Wildman–Crippen MR) is 82.4 cm³/mol. The van der Waals surface area contributed by atoms with Gasteiger partial charge in [-0.1, -0.05) is 57.2 Å². The van der Waals surface area contributed by atoms with Crippen molar-refractivity contribution in [1.82, 2.24) is 0 Å². The Balaban J connectivity index is 2.70. The molecule has 0 spiro atoms. The Bertz CT molecular complexity index is 335. The van der Waals surface area contributed by atoms with E-state index >= 15 is 0 Å². The summed E-state index contributed by atoms with van der Waals surface area (Å²) in [4.78, 5) is 0.